The van der Waals surface area contributed by atoms with Gasteiger partial charge in [0.15, 0.2) is 0 Å². The van der Waals surface area contributed by atoms with Gasteiger partial charge in [0.1, 0.15) is 0 Å². The van der Waals surface area contributed by atoms with Gasteiger partial charge >= 0.3 is 0 Å². The summed E-state index contributed by atoms with van der Waals surface area (Å²) >= 11 is 0. The van der Waals surface area contributed by atoms with E-state index < -0.39 is 0 Å². The van der Waals surface area contributed by atoms with Gasteiger partial charge in [-0.1, -0.05) is 0 Å². The van der Waals surface area contributed by atoms with Crippen LogP contribution in [-0.4, -0.2) is 16.0 Å². The van der Waals surface area contributed by atoms with Crippen molar-refractivity contribution in [2.45, 2.75) is 6.92 Å². The molecular formula is C8H10N4Y-2. The zero-order valence-electron chi connectivity index (χ0n) is 7.73. The summed E-state index contributed by atoms with van der Waals surface area (Å²) in [5, 5.41) is 12.3. The van der Waals surface area contributed by atoms with Crippen LogP contribution in [0.1, 0.15) is 12.5 Å². The Morgan fingerprint density at radius 1 is 1.77 bits per heavy atom. The van der Waals surface area contributed by atoms with Crippen LogP contribution in [0.5, 0.6) is 0 Å². The first kappa shape index (κ1) is 14.8. The molecule has 0 aliphatic carbocycles. The fourth-order valence-electron chi connectivity index (χ4n) is 0.716. The van der Waals surface area contributed by atoms with Crippen LogP contribution in [0.25, 0.3) is 0 Å². The second kappa shape index (κ2) is 6.82. The quantitative estimate of drug-likeness (QED) is 0.561. The van der Waals surface area contributed by atoms with E-state index in [4.69, 9.17) is 5.26 Å². The summed E-state index contributed by atoms with van der Waals surface area (Å²) in [4.78, 5) is 3.93. The van der Waals surface area contributed by atoms with Crippen LogP contribution >= 0.6 is 0 Å². The monoisotopic (exact) mass is 251 g/mol. The van der Waals surface area contributed by atoms with Gasteiger partial charge in [-0.2, -0.15) is 12.3 Å². The molecule has 1 heterocycles. The van der Waals surface area contributed by atoms with Crippen molar-refractivity contribution in [3.63, 3.8) is 0 Å². The van der Waals surface area contributed by atoms with Gasteiger partial charge in [0.05, 0.1) is 6.07 Å². The van der Waals surface area contributed by atoms with Crippen LogP contribution < -0.4 is 0 Å². The van der Waals surface area contributed by atoms with Crippen molar-refractivity contribution in [1.29, 1.82) is 5.26 Å². The molecule has 1 rings (SSSR count). The first-order valence-electron chi connectivity index (χ1n) is 3.07. The van der Waals surface area contributed by atoms with Crippen LogP contribution in [0.4, 0.5) is 5.82 Å². The molecule has 1 aromatic heterocycles. The van der Waals surface area contributed by atoms with Crippen LogP contribution in [-0.2, 0) is 32.7 Å². The molecule has 4 nitrogen and oxygen atoms in total. The van der Waals surface area contributed by atoms with Crippen LogP contribution in [0.3, 0.4) is 0 Å². The Kier molecular flexibility index (Phi) is 7.78. The maximum absolute atomic E-state index is 8.55. The summed E-state index contributed by atoms with van der Waals surface area (Å²) in [6, 6.07) is 1.96. The zero-order valence-corrected chi connectivity index (χ0v) is 10.6. The molecule has 0 saturated heterocycles. The standard InChI is InChI=1S/C7H7N4.CH3.Y/c1-3-9-7-6(4-8)5-10-11(7)2;;/h3,5H,2H2,1H3;1H3;/q2*-1;/b9-3-;;. The van der Waals surface area contributed by atoms with Gasteiger partial charge in [-0.05, 0) is 13.1 Å². The minimum atomic E-state index is 0. The first-order chi connectivity index (χ1) is 5.29. The van der Waals surface area contributed by atoms with E-state index in [-0.39, 0.29) is 40.1 Å². The second-order valence-electron chi connectivity index (χ2n) is 1.88. The second-order valence-corrected chi connectivity index (χ2v) is 1.88. The Hall–Kier alpha value is -0.656. The van der Waals surface area contributed by atoms with Crippen molar-refractivity contribution in [2.24, 2.45) is 4.99 Å². The molecule has 0 aromatic carbocycles. The molecule has 0 N–H and O–H groups in total. The Morgan fingerprint density at radius 2 is 2.38 bits per heavy atom. The predicted octanol–water partition coefficient (Wildman–Crippen LogP) is 1.56. The largest absolute Gasteiger partial charge is 0.385 e. The zero-order chi connectivity index (χ0) is 8.27. The molecule has 67 valence electrons. The Balaban J connectivity index is 0. The van der Waals surface area contributed by atoms with Gasteiger partial charge in [-0.3, -0.25) is 0 Å². The number of nitriles is 1. The molecule has 0 saturated carbocycles. The first-order valence-corrected chi connectivity index (χ1v) is 3.07. The number of aliphatic imine (C=N–C) groups is 1. The van der Waals surface area contributed by atoms with E-state index in [1.165, 1.54) is 10.9 Å². The molecule has 0 amide bonds. The molecule has 0 spiro atoms. The molecule has 13 heavy (non-hydrogen) atoms. The Bertz CT molecular complexity index is 321. The third kappa shape index (κ3) is 3.29. The Morgan fingerprint density at radius 3 is 2.85 bits per heavy atom. The molecule has 0 aliphatic heterocycles. The molecule has 1 aromatic rings. The van der Waals surface area contributed by atoms with Gasteiger partial charge in [0.2, 0.25) is 0 Å². The van der Waals surface area contributed by atoms with E-state index >= 15 is 0 Å². The van der Waals surface area contributed by atoms with E-state index in [1.54, 1.807) is 13.1 Å². The van der Waals surface area contributed by atoms with Crippen molar-refractivity contribution in [2.75, 3.05) is 0 Å². The average molecular weight is 251 g/mol. The minimum absolute atomic E-state index is 0. The fourth-order valence-corrected chi connectivity index (χ4v) is 0.716. The summed E-state index contributed by atoms with van der Waals surface area (Å²) < 4.78 is 1.32. The van der Waals surface area contributed by atoms with Gasteiger partial charge in [-0.15, -0.1) is 0 Å². The smallest absolute Gasteiger partial charge is 0.0848 e. The fraction of sp³-hybridized carbons (Fsp3) is 0.125. The summed E-state index contributed by atoms with van der Waals surface area (Å²) in [7, 11) is 3.55. The van der Waals surface area contributed by atoms with E-state index in [2.05, 4.69) is 17.1 Å². The predicted molar refractivity (Wildman–Crippen MR) is 47.9 cm³/mol. The van der Waals surface area contributed by atoms with Gasteiger partial charge in [-0.25, -0.2) is 5.10 Å². The third-order valence-corrected chi connectivity index (χ3v) is 1.18. The van der Waals surface area contributed by atoms with E-state index in [0.717, 1.165) is 0 Å². The molecule has 0 fully saturated rings. The van der Waals surface area contributed by atoms with Crippen molar-refractivity contribution < 1.29 is 32.7 Å². The van der Waals surface area contributed by atoms with E-state index in [1.807, 2.05) is 6.07 Å². The van der Waals surface area contributed by atoms with Crippen molar-refractivity contribution >= 4 is 12.0 Å². The number of nitrogens with zero attached hydrogens (tertiary/aromatic N) is 4. The molecule has 0 bridgehead atoms. The third-order valence-electron chi connectivity index (χ3n) is 1.18. The summed E-state index contributed by atoms with van der Waals surface area (Å²) in [6.07, 6.45) is 3.04. The molecule has 0 unspecified atom stereocenters. The van der Waals surface area contributed by atoms with Crippen LogP contribution in [0.2, 0.25) is 0 Å². The van der Waals surface area contributed by atoms with Crippen molar-refractivity contribution in [1.82, 2.24) is 9.78 Å². The van der Waals surface area contributed by atoms with Crippen LogP contribution in [0, 0.1) is 25.8 Å². The van der Waals surface area contributed by atoms with E-state index in [9.17, 15) is 0 Å². The minimum Gasteiger partial charge on any atom is -0.385 e. The summed E-state index contributed by atoms with van der Waals surface area (Å²) in [5.74, 6) is 0.495. The summed E-state index contributed by atoms with van der Waals surface area (Å²) in [5.41, 5.74) is 0.443. The molecule has 5 heteroatoms. The van der Waals surface area contributed by atoms with Crippen molar-refractivity contribution in [3.8, 4) is 6.07 Å². The van der Waals surface area contributed by atoms with Crippen molar-refractivity contribution in [3.05, 3.63) is 26.2 Å². The molecule has 0 aliphatic rings. The maximum Gasteiger partial charge on any atom is 0.0848 e. The SMILES string of the molecule is [CH2-]n1ncc(C#N)c1/N=C\C.[CH3-].[Y]. The van der Waals surface area contributed by atoms with Gasteiger partial charge < -0.3 is 17.1 Å². The molecular weight excluding hydrogens is 241 g/mol. The van der Waals surface area contributed by atoms with Crippen LogP contribution in [0.15, 0.2) is 11.2 Å². The van der Waals surface area contributed by atoms with E-state index in [0.29, 0.717) is 11.4 Å². The Labute approximate surface area is 104 Å². The number of aromatic nitrogens is 2. The number of hydrogen-bond donors (Lipinski definition) is 0. The topological polar surface area (TPSA) is 54.0 Å². The molecule has 1 radical (unpaired) electrons. The van der Waals surface area contributed by atoms with Gasteiger partial charge in [0, 0.05) is 50.3 Å². The maximum atomic E-state index is 8.55. The summed E-state index contributed by atoms with van der Waals surface area (Å²) in [6.45, 7) is 1.77. The number of rotatable bonds is 1. The normalized spacial score (nSPS) is 8.62. The number of hydrogen-bond acceptors (Lipinski definition) is 3. The molecule has 0 atom stereocenters. The average Bonchev–Trinajstić information content (AvgIpc) is 2.34. The van der Waals surface area contributed by atoms with Gasteiger partial charge in [0.25, 0.3) is 0 Å².